The highest BCUT2D eigenvalue weighted by atomic mass is 32.1. The second-order valence-corrected chi connectivity index (χ2v) is 6.68. The SMILES string of the molecule is CC(C)c1nnsc1C(=O)N1CC2CNCC2C1C. The highest BCUT2D eigenvalue weighted by Gasteiger charge is 2.44. The Hall–Kier alpha value is -1.01. The van der Waals surface area contributed by atoms with Gasteiger partial charge in [-0.15, -0.1) is 5.10 Å². The van der Waals surface area contributed by atoms with E-state index in [2.05, 4.69) is 35.7 Å². The second-order valence-electron chi connectivity index (χ2n) is 5.92. The molecule has 5 nitrogen and oxygen atoms in total. The van der Waals surface area contributed by atoms with Crippen LogP contribution in [0, 0.1) is 11.8 Å². The Morgan fingerprint density at radius 3 is 2.95 bits per heavy atom. The highest BCUT2D eigenvalue weighted by Crippen LogP contribution is 2.34. The number of rotatable bonds is 2. The van der Waals surface area contributed by atoms with Gasteiger partial charge in [0, 0.05) is 25.7 Å². The molecule has 0 saturated carbocycles. The molecule has 19 heavy (non-hydrogen) atoms. The van der Waals surface area contributed by atoms with Crippen LogP contribution in [-0.4, -0.2) is 46.1 Å². The monoisotopic (exact) mass is 280 g/mol. The zero-order valence-corrected chi connectivity index (χ0v) is 12.4. The Morgan fingerprint density at radius 1 is 1.47 bits per heavy atom. The van der Waals surface area contributed by atoms with Gasteiger partial charge < -0.3 is 10.2 Å². The average molecular weight is 280 g/mol. The Balaban J connectivity index is 1.83. The molecule has 104 valence electrons. The largest absolute Gasteiger partial charge is 0.334 e. The first kappa shape index (κ1) is 13.0. The fourth-order valence-electron chi connectivity index (χ4n) is 3.29. The van der Waals surface area contributed by atoms with Gasteiger partial charge in [-0.3, -0.25) is 4.79 Å². The number of carbonyl (C=O) groups excluding carboxylic acids is 1. The number of carbonyl (C=O) groups is 1. The molecule has 6 heteroatoms. The molecule has 1 N–H and O–H groups in total. The number of likely N-dealkylation sites (tertiary alicyclic amines) is 1. The van der Waals surface area contributed by atoms with Gasteiger partial charge in [-0.1, -0.05) is 18.3 Å². The second kappa shape index (κ2) is 4.83. The molecule has 1 amide bonds. The van der Waals surface area contributed by atoms with Gasteiger partial charge in [0.05, 0.1) is 5.69 Å². The molecule has 0 aliphatic carbocycles. The van der Waals surface area contributed by atoms with Crippen molar-refractivity contribution in [3.05, 3.63) is 10.6 Å². The van der Waals surface area contributed by atoms with E-state index in [0.717, 1.165) is 30.2 Å². The van der Waals surface area contributed by atoms with E-state index in [1.54, 1.807) is 0 Å². The summed E-state index contributed by atoms with van der Waals surface area (Å²) in [4.78, 5) is 15.5. The van der Waals surface area contributed by atoms with Crippen molar-refractivity contribution in [1.29, 1.82) is 0 Å². The predicted octanol–water partition coefficient (Wildman–Crippen LogP) is 1.34. The number of aromatic nitrogens is 2. The van der Waals surface area contributed by atoms with Crippen molar-refractivity contribution in [2.75, 3.05) is 19.6 Å². The maximum Gasteiger partial charge on any atom is 0.267 e. The Labute approximate surface area is 117 Å². The molecule has 0 spiro atoms. The van der Waals surface area contributed by atoms with E-state index in [4.69, 9.17) is 0 Å². The van der Waals surface area contributed by atoms with E-state index in [9.17, 15) is 4.79 Å². The van der Waals surface area contributed by atoms with E-state index in [1.807, 2.05) is 4.90 Å². The van der Waals surface area contributed by atoms with E-state index < -0.39 is 0 Å². The number of nitrogens with zero attached hydrogens (tertiary/aromatic N) is 3. The lowest BCUT2D eigenvalue weighted by Crippen LogP contribution is -2.38. The molecule has 3 atom stereocenters. The van der Waals surface area contributed by atoms with E-state index in [1.165, 1.54) is 11.5 Å². The minimum Gasteiger partial charge on any atom is -0.334 e. The Bertz CT molecular complexity index is 487. The third-order valence-electron chi connectivity index (χ3n) is 4.45. The van der Waals surface area contributed by atoms with Gasteiger partial charge in [0.15, 0.2) is 0 Å². The summed E-state index contributed by atoms with van der Waals surface area (Å²) in [5, 5.41) is 7.53. The number of fused-ring (bicyclic) bond motifs is 1. The van der Waals surface area contributed by atoms with Crippen molar-refractivity contribution in [1.82, 2.24) is 19.8 Å². The van der Waals surface area contributed by atoms with Gasteiger partial charge in [-0.2, -0.15) is 0 Å². The minimum absolute atomic E-state index is 0.126. The number of amides is 1. The third-order valence-corrected chi connectivity index (χ3v) is 5.18. The van der Waals surface area contributed by atoms with E-state index in [-0.39, 0.29) is 11.8 Å². The van der Waals surface area contributed by atoms with Gasteiger partial charge in [-0.25, -0.2) is 0 Å². The number of hydrogen-bond donors (Lipinski definition) is 1. The molecule has 3 unspecified atom stereocenters. The van der Waals surface area contributed by atoms with Crippen LogP contribution in [0.25, 0.3) is 0 Å². The molecule has 0 aromatic carbocycles. The molecule has 2 aliphatic heterocycles. The van der Waals surface area contributed by atoms with Crippen LogP contribution < -0.4 is 5.32 Å². The van der Waals surface area contributed by atoms with E-state index >= 15 is 0 Å². The summed E-state index contributed by atoms with van der Waals surface area (Å²) in [6, 6.07) is 0.314. The molecule has 2 fully saturated rings. The summed E-state index contributed by atoms with van der Waals surface area (Å²) in [7, 11) is 0. The fraction of sp³-hybridized carbons (Fsp3) is 0.769. The standard InChI is InChI=1S/C13H20N4OS/c1-7(2)11-12(19-16-15-11)13(18)17-6-9-4-14-5-10(9)8(17)3/h7-10,14H,4-6H2,1-3H3. The van der Waals surface area contributed by atoms with Crippen molar-refractivity contribution >= 4 is 17.4 Å². The molecule has 3 rings (SSSR count). The van der Waals surface area contributed by atoms with Crippen molar-refractivity contribution < 1.29 is 4.79 Å². The maximum atomic E-state index is 12.7. The van der Waals surface area contributed by atoms with E-state index in [0.29, 0.717) is 17.9 Å². The first-order valence-electron chi connectivity index (χ1n) is 6.93. The van der Waals surface area contributed by atoms with Crippen LogP contribution in [0.15, 0.2) is 0 Å². The smallest absolute Gasteiger partial charge is 0.267 e. The first-order valence-corrected chi connectivity index (χ1v) is 7.71. The molecule has 2 aliphatic rings. The van der Waals surface area contributed by atoms with Crippen molar-refractivity contribution in [2.24, 2.45) is 11.8 Å². The molecule has 1 aromatic rings. The van der Waals surface area contributed by atoms with Crippen LogP contribution in [0.5, 0.6) is 0 Å². The highest BCUT2D eigenvalue weighted by molar-refractivity contribution is 7.08. The van der Waals surface area contributed by atoms with Gasteiger partial charge >= 0.3 is 0 Å². The zero-order chi connectivity index (χ0) is 13.6. The van der Waals surface area contributed by atoms with Gasteiger partial charge in [0.1, 0.15) is 4.88 Å². The first-order chi connectivity index (χ1) is 9.09. The fourth-order valence-corrected chi connectivity index (χ4v) is 4.07. The molecule has 0 radical (unpaired) electrons. The molecule has 1 aromatic heterocycles. The van der Waals surface area contributed by atoms with Crippen LogP contribution in [0.4, 0.5) is 0 Å². The quantitative estimate of drug-likeness (QED) is 0.888. The number of nitrogens with one attached hydrogen (secondary N) is 1. The van der Waals surface area contributed by atoms with Gasteiger partial charge in [-0.05, 0) is 36.2 Å². The summed E-state index contributed by atoms with van der Waals surface area (Å²) < 4.78 is 3.96. The van der Waals surface area contributed by atoms with Crippen LogP contribution in [-0.2, 0) is 0 Å². The summed E-state index contributed by atoms with van der Waals surface area (Å²) in [6.45, 7) is 9.22. The Morgan fingerprint density at radius 2 is 2.26 bits per heavy atom. The predicted molar refractivity (Wildman–Crippen MR) is 74.3 cm³/mol. The van der Waals surface area contributed by atoms with Crippen molar-refractivity contribution in [2.45, 2.75) is 32.7 Å². The van der Waals surface area contributed by atoms with Crippen LogP contribution in [0.3, 0.4) is 0 Å². The van der Waals surface area contributed by atoms with Gasteiger partial charge in [0.25, 0.3) is 5.91 Å². The normalized spacial score (nSPS) is 30.1. The Kier molecular flexibility index (Phi) is 3.30. The topological polar surface area (TPSA) is 58.1 Å². The van der Waals surface area contributed by atoms with Gasteiger partial charge in [0.2, 0.25) is 0 Å². The lowest BCUT2D eigenvalue weighted by atomic mass is 9.95. The maximum absolute atomic E-state index is 12.7. The lowest BCUT2D eigenvalue weighted by molar-refractivity contribution is 0.0731. The van der Waals surface area contributed by atoms with Crippen LogP contribution in [0.2, 0.25) is 0 Å². The van der Waals surface area contributed by atoms with Crippen molar-refractivity contribution in [3.63, 3.8) is 0 Å². The minimum atomic E-state index is 0.126. The molecule has 2 saturated heterocycles. The molecule has 0 bridgehead atoms. The summed E-state index contributed by atoms with van der Waals surface area (Å²) in [5.41, 5.74) is 0.845. The lowest BCUT2D eigenvalue weighted by Gasteiger charge is -2.24. The number of hydrogen-bond acceptors (Lipinski definition) is 5. The van der Waals surface area contributed by atoms with Crippen molar-refractivity contribution in [3.8, 4) is 0 Å². The summed E-state index contributed by atoms with van der Waals surface area (Å²) >= 11 is 1.23. The molecular formula is C13H20N4OS. The van der Waals surface area contributed by atoms with Crippen LogP contribution >= 0.6 is 11.5 Å². The summed E-state index contributed by atoms with van der Waals surface area (Å²) in [5.74, 6) is 1.59. The van der Waals surface area contributed by atoms with Crippen LogP contribution in [0.1, 0.15) is 42.1 Å². The molecule has 3 heterocycles. The third kappa shape index (κ3) is 2.07. The molecular weight excluding hydrogens is 260 g/mol. The zero-order valence-electron chi connectivity index (χ0n) is 11.6. The summed E-state index contributed by atoms with van der Waals surface area (Å²) in [6.07, 6.45) is 0. The average Bonchev–Trinajstić information content (AvgIpc) is 3.05.